The topological polar surface area (TPSA) is 108 Å². The van der Waals surface area contributed by atoms with E-state index in [1.165, 1.54) is 4.90 Å². The van der Waals surface area contributed by atoms with E-state index in [0.29, 0.717) is 61.7 Å². The van der Waals surface area contributed by atoms with Crippen LogP contribution in [0.5, 0.6) is 5.75 Å². The first-order chi connectivity index (χ1) is 22.2. The van der Waals surface area contributed by atoms with Gasteiger partial charge in [-0.1, -0.05) is 65.4 Å². The highest BCUT2D eigenvalue weighted by atomic mass is 35.5. The standard InChI is InChI=1S/C33H31Cl2N3O6S2/c34-24-5-6-27(35)26(20-24)22-4-7-28(44-15-12-37-10-13-43-14-11-37)23(18-22)19-29-32(42)38(33(45)46-29)9-8-30(39)36-25-3-1-2-21(16-25)17-31(40)41/h1-7,16,18-20H,8-15,17H2,(H,36,39)(H,40,41)/b29-19-. The first-order valence-electron chi connectivity index (χ1n) is 14.5. The van der Waals surface area contributed by atoms with E-state index in [2.05, 4.69) is 10.2 Å². The molecule has 0 aromatic heterocycles. The van der Waals surface area contributed by atoms with Crippen LogP contribution in [0.25, 0.3) is 17.2 Å². The first-order valence-corrected chi connectivity index (χ1v) is 16.5. The van der Waals surface area contributed by atoms with E-state index < -0.39 is 5.97 Å². The molecule has 2 amide bonds. The summed E-state index contributed by atoms with van der Waals surface area (Å²) in [7, 11) is 0. The normalized spacial score (nSPS) is 16.2. The number of anilines is 1. The maximum absolute atomic E-state index is 13.5. The molecular weight excluding hydrogens is 669 g/mol. The largest absolute Gasteiger partial charge is 0.492 e. The number of benzene rings is 3. The molecule has 240 valence electrons. The first kappa shape index (κ1) is 33.9. The molecule has 9 nitrogen and oxygen atoms in total. The van der Waals surface area contributed by atoms with Crippen LogP contribution in [0.1, 0.15) is 17.5 Å². The van der Waals surface area contributed by atoms with Crippen LogP contribution in [-0.2, 0) is 25.5 Å². The fraction of sp³-hybridized carbons (Fsp3) is 0.273. The summed E-state index contributed by atoms with van der Waals surface area (Å²) in [4.78, 5) is 41.3. The van der Waals surface area contributed by atoms with Crippen molar-refractivity contribution >= 4 is 81.0 Å². The van der Waals surface area contributed by atoms with E-state index in [1.54, 1.807) is 48.5 Å². The van der Waals surface area contributed by atoms with Gasteiger partial charge in [0.25, 0.3) is 5.91 Å². The number of carbonyl (C=O) groups excluding carboxylic acids is 2. The summed E-state index contributed by atoms with van der Waals surface area (Å²) in [5.41, 5.74) is 3.28. The minimum absolute atomic E-state index is 0.00152. The molecule has 3 aromatic carbocycles. The number of hydrogen-bond donors (Lipinski definition) is 2. The number of ether oxygens (including phenoxy) is 2. The minimum atomic E-state index is -0.961. The fourth-order valence-corrected chi connectivity index (χ4v) is 6.69. The van der Waals surface area contributed by atoms with E-state index in [-0.39, 0.29) is 31.2 Å². The predicted molar refractivity (Wildman–Crippen MR) is 186 cm³/mol. The van der Waals surface area contributed by atoms with Gasteiger partial charge in [-0.15, -0.1) is 0 Å². The predicted octanol–water partition coefficient (Wildman–Crippen LogP) is 6.23. The van der Waals surface area contributed by atoms with E-state index in [4.69, 9.17) is 50.0 Å². The van der Waals surface area contributed by atoms with Crippen LogP contribution in [-0.4, -0.2) is 83.0 Å². The van der Waals surface area contributed by atoms with Gasteiger partial charge in [0.1, 0.15) is 16.7 Å². The summed E-state index contributed by atoms with van der Waals surface area (Å²) >= 11 is 19.4. The Morgan fingerprint density at radius 2 is 1.87 bits per heavy atom. The van der Waals surface area contributed by atoms with Crippen LogP contribution < -0.4 is 10.1 Å². The van der Waals surface area contributed by atoms with Crippen molar-refractivity contribution in [2.75, 3.05) is 51.3 Å². The van der Waals surface area contributed by atoms with Gasteiger partial charge in [0.2, 0.25) is 5.91 Å². The molecule has 3 aromatic rings. The lowest BCUT2D eigenvalue weighted by molar-refractivity contribution is -0.136. The Morgan fingerprint density at radius 1 is 1.07 bits per heavy atom. The zero-order valence-electron chi connectivity index (χ0n) is 24.7. The van der Waals surface area contributed by atoms with Crippen LogP contribution in [0.15, 0.2) is 65.6 Å². The number of carbonyl (C=O) groups is 3. The lowest BCUT2D eigenvalue weighted by atomic mass is 10.0. The van der Waals surface area contributed by atoms with Gasteiger partial charge in [0.15, 0.2) is 0 Å². The van der Waals surface area contributed by atoms with Crippen molar-refractivity contribution in [2.24, 2.45) is 0 Å². The number of carboxylic acids is 1. The number of thioether (sulfide) groups is 1. The minimum Gasteiger partial charge on any atom is -0.492 e. The number of halogens is 2. The summed E-state index contributed by atoms with van der Waals surface area (Å²) in [5.74, 6) is -0.994. The Balaban J connectivity index is 1.30. The highest BCUT2D eigenvalue weighted by Crippen LogP contribution is 2.37. The quantitative estimate of drug-likeness (QED) is 0.168. The molecule has 2 aliphatic rings. The number of nitrogens with zero attached hydrogens (tertiary/aromatic N) is 2. The smallest absolute Gasteiger partial charge is 0.307 e. The van der Waals surface area contributed by atoms with Gasteiger partial charge >= 0.3 is 5.97 Å². The molecule has 0 unspecified atom stereocenters. The molecule has 2 N–H and O–H groups in total. The Bertz CT molecular complexity index is 1680. The highest BCUT2D eigenvalue weighted by Gasteiger charge is 2.32. The second-order valence-electron chi connectivity index (χ2n) is 10.6. The molecule has 2 aliphatic heterocycles. The van der Waals surface area contributed by atoms with Gasteiger partial charge in [-0.25, -0.2) is 0 Å². The van der Waals surface area contributed by atoms with Crippen molar-refractivity contribution in [3.05, 3.63) is 86.7 Å². The van der Waals surface area contributed by atoms with Crippen LogP contribution in [0.4, 0.5) is 5.69 Å². The molecule has 0 radical (unpaired) electrons. The second-order valence-corrected chi connectivity index (χ2v) is 13.1. The molecule has 2 fully saturated rings. The van der Waals surface area contributed by atoms with Crippen molar-refractivity contribution < 1.29 is 29.0 Å². The lowest BCUT2D eigenvalue weighted by Crippen LogP contribution is -2.38. The number of rotatable bonds is 12. The SMILES string of the molecule is O=C(O)Cc1cccc(NC(=O)CCN2C(=O)/C(=C/c3cc(-c4cc(Cl)ccc4Cl)ccc3OCCN3CCOCC3)SC2=S)c1. The molecule has 0 saturated carbocycles. The number of amides is 2. The van der Waals surface area contributed by atoms with E-state index in [0.717, 1.165) is 42.5 Å². The zero-order valence-corrected chi connectivity index (χ0v) is 27.8. The molecule has 2 heterocycles. The number of thiocarbonyl (C=S) groups is 1. The number of hydrogen-bond acceptors (Lipinski definition) is 8. The van der Waals surface area contributed by atoms with Crippen molar-refractivity contribution in [3.63, 3.8) is 0 Å². The fourth-order valence-electron chi connectivity index (χ4n) is 4.99. The molecule has 0 spiro atoms. The summed E-state index contributed by atoms with van der Waals surface area (Å²) in [6, 6.07) is 17.5. The van der Waals surface area contributed by atoms with Crippen molar-refractivity contribution in [1.82, 2.24) is 9.80 Å². The summed E-state index contributed by atoms with van der Waals surface area (Å²) in [6.45, 7) is 4.36. The maximum atomic E-state index is 13.5. The van der Waals surface area contributed by atoms with Gasteiger partial charge in [-0.05, 0) is 59.7 Å². The Kier molecular flexibility index (Phi) is 11.7. The van der Waals surface area contributed by atoms with E-state index >= 15 is 0 Å². The van der Waals surface area contributed by atoms with Gasteiger partial charge < -0.3 is 19.9 Å². The molecule has 5 rings (SSSR count). The number of nitrogens with one attached hydrogen (secondary N) is 1. The Hall–Kier alpha value is -3.45. The van der Waals surface area contributed by atoms with Crippen LogP contribution in [0.3, 0.4) is 0 Å². The monoisotopic (exact) mass is 699 g/mol. The summed E-state index contributed by atoms with van der Waals surface area (Å²) in [6.07, 6.45) is 1.60. The Morgan fingerprint density at radius 3 is 2.65 bits per heavy atom. The zero-order chi connectivity index (χ0) is 32.6. The number of aliphatic carboxylic acids is 1. The summed E-state index contributed by atoms with van der Waals surface area (Å²) in [5, 5.41) is 12.9. The number of morpholine rings is 1. The van der Waals surface area contributed by atoms with Gasteiger partial charge in [0, 0.05) is 59.5 Å². The van der Waals surface area contributed by atoms with E-state index in [9.17, 15) is 14.4 Å². The van der Waals surface area contributed by atoms with Crippen LogP contribution in [0.2, 0.25) is 10.0 Å². The molecule has 0 atom stereocenters. The van der Waals surface area contributed by atoms with Crippen LogP contribution in [0, 0.1) is 0 Å². The average Bonchev–Trinajstić information content (AvgIpc) is 3.29. The third-order valence-electron chi connectivity index (χ3n) is 7.31. The third-order valence-corrected chi connectivity index (χ3v) is 9.25. The van der Waals surface area contributed by atoms with Crippen molar-refractivity contribution in [2.45, 2.75) is 12.8 Å². The number of carboxylic acid groups (broad SMARTS) is 1. The van der Waals surface area contributed by atoms with Crippen molar-refractivity contribution in [3.8, 4) is 16.9 Å². The maximum Gasteiger partial charge on any atom is 0.307 e. The molecule has 13 heteroatoms. The highest BCUT2D eigenvalue weighted by molar-refractivity contribution is 8.26. The molecule has 0 aliphatic carbocycles. The van der Waals surface area contributed by atoms with Gasteiger partial charge in [-0.3, -0.25) is 24.2 Å². The second kappa shape index (κ2) is 15.9. The molecular formula is C33H31Cl2N3O6S2. The third kappa shape index (κ3) is 9.09. The lowest BCUT2D eigenvalue weighted by Gasteiger charge is -2.26. The van der Waals surface area contributed by atoms with Crippen molar-refractivity contribution in [1.29, 1.82) is 0 Å². The van der Waals surface area contributed by atoms with E-state index in [1.807, 2.05) is 18.2 Å². The Labute approximate surface area is 286 Å². The van der Waals surface area contributed by atoms with Gasteiger partial charge in [-0.2, -0.15) is 0 Å². The molecule has 0 bridgehead atoms. The average molecular weight is 701 g/mol. The summed E-state index contributed by atoms with van der Waals surface area (Å²) < 4.78 is 12.0. The van der Waals surface area contributed by atoms with Gasteiger partial charge in [0.05, 0.1) is 24.5 Å². The van der Waals surface area contributed by atoms with Crippen LogP contribution >= 0.6 is 47.2 Å². The molecule has 2 saturated heterocycles. The molecule has 46 heavy (non-hydrogen) atoms.